The fraction of sp³-hybridized carbons (Fsp3) is 0.429. The summed E-state index contributed by atoms with van der Waals surface area (Å²) in [5.74, 6) is -0.120. The first-order valence-electron chi connectivity index (χ1n) is 6.85. The number of nitrogens with zero attached hydrogens (tertiary/aromatic N) is 2. The number of carbonyl (C=O) groups is 2. The Kier molecular flexibility index (Phi) is 5.05. The van der Waals surface area contributed by atoms with E-state index in [1.54, 1.807) is 13.0 Å². The molecule has 118 valence electrons. The summed E-state index contributed by atoms with van der Waals surface area (Å²) < 4.78 is 5.45. The van der Waals surface area contributed by atoms with Gasteiger partial charge in [0.2, 0.25) is 0 Å². The Morgan fingerprint density at radius 3 is 2.50 bits per heavy atom. The molecule has 0 radical (unpaired) electrons. The largest absolute Gasteiger partial charge is 0.493 e. The molecule has 1 fully saturated rings. The van der Waals surface area contributed by atoms with Crippen LogP contribution in [0.25, 0.3) is 0 Å². The molecule has 22 heavy (non-hydrogen) atoms. The molecule has 1 aliphatic heterocycles. The molecule has 8 heteroatoms. The van der Waals surface area contributed by atoms with E-state index < -0.39 is 4.92 Å². The van der Waals surface area contributed by atoms with Crippen molar-refractivity contribution in [1.29, 1.82) is 0 Å². The van der Waals surface area contributed by atoms with E-state index in [4.69, 9.17) is 9.57 Å². The number of hydrogen-bond acceptors (Lipinski definition) is 6. The minimum Gasteiger partial charge on any atom is -0.493 e. The van der Waals surface area contributed by atoms with Crippen molar-refractivity contribution in [1.82, 2.24) is 5.06 Å². The molecular weight excluding hydrogens is 292 g/mol. The van der Waals surface area contributed by atoms with Gasteiger partial charge in [-0.05, 0) is 19.1 Å². The zero-order chi connectivity index (χ0) is 16.1. The summed E-state index contributed by atoms with van der Waals surface area (Å²) in [4.78, 5) is 37.9. The van der Waals surface area contributed by atoms with Crippen molar-refractivity contribution in [2.45, 2.75) is 26.2 Å². The highest BCUT2D eigenvalue weighted by atomic mass is 16.7. The number of carbonyl (C=O) groups excluding carboxylic acids is 2. The first kappa shape index (κ1) is 15.9. The Hall–Kier alpha value is -2.48. The van der Waals surface area contributed by atoms with Gasteiger partial charge in [0.25, 0.3) is 17.5 Å². The van der Waals surface area contributed by atoms with Gasteiger partial charge in [-0.25, -0.2) is 0 Å². The quantitative estimate of drug-likeness (QED) is 0.329. The summed E-state index contributed by atoms with van der Waals surface area (Å²) in [5.41, 5.74) is 0.564. The second-order valence-electron chi connectivity index (χ2n) is 4.82. The lowest BCUT2D eigenvalue weighted by Crippen LogP contribution is -2.29. The summed E-state index contributed by atoms with van der Waals surface area (Å²) in [6, 6.07) is 4.51. The van der Waals surface area contributed by atoms with Gasteiger partial charge in [-0.1, -0.05) is 0 Å². The maximum Gasteiger partial charge on any atom is 0.272 e. The van der Waals surface area contributed by atoms with Crippen molar-refractivity contribution in [2.24, 2.45) is 0 Å². The Balaban J connectivity index is 1.73. The summed E-state index contributed by atoms with van der Waals surface area (Å²) >= 11 is 0. The number of benzene rings is 1. The summed E-state index contributed by atoms with van der Waals surface area (Å²) in [5, 5.41) is 11.5. The minimum atomic E-state index is -0.447. The van der Waals surface area contributed by atoms with Crippen LogP contribution < -0.4 is 4.74 Å². The standard InChI is InChI=1S/C14H16N2O6/c1-10-9-11(3-4-12(10)16(19)20)21-7-2-8-22-15-13(17)5-6-14(15)18/h3-4,9H,2,5-8H2,1H3. The van der Waals surface area contributed by atoms with Gasteiger partial charge in [0.15, 0.2) is 0 Å². The highest BCUT2D eigenvalue weighted by molar-refractivity contribution is 6.00. The highest BCUT2D eigenvalue weighted by Gasteiger charge is 2.29. The first-order valence-corrected chi connectivity index (χ1v) is 6.85. The van der Waals surface area contributed by atoms with E-state index >= 15 is 0 Å². The van der Waals surface area contributed by atoms with E-state index in [-0.39, 0.29) is 37.0 Å². The van der Waals surface area contributed by atoms with Gasteiger partial charge < -0.3 is 4.74 Å². The Morgan fingerprint density at radius 2 is 1.91 bits per heavy atom. The third-order valence-corrected chi connectivity index (χ3v) is 3.15. The Labute approximate surface area is 126 Å². The van der Waals surface area contributed by atoms with E-state index in [2.05, 4.69) is 0 Å². The van der Waals surface area contributed by atoms with Gasteiger partial charge in [0.1, 0.15) is 5.75 Å². The van der Waals surface area contributed by atoms with Crippen LogP contribution in [0.4, 0.5) is 5.69 Å². The molecule has 0 aromatic heterocycles. The van der Waals surface area contributed by atoms with Crippen LogP contribution >= 0.6 is 0 Å². The second-order valence-corrected chi connectivity index (χ2v) is 4.82. The molecule has 1 aromatic carbocycles. The maximum absolute atomic E-state index is 11.3. The third-order valence-electron chi connectivity index (χ3n) is 3.15. The van der Waals surface area contributed by atoms with Crippen molar-refractivity contribution < 1.29 is 24.1 Å². The average molecular weight is 308 g/mol. The molecule has 0 unspecified atom stereocenters. The van der Waals surface area contributed by atoms with Gasteiger partial charge in [-0.2, -0.15) is 5.06 Å². The van der Waals surface area contributed by atoms with Crippen LogP contribution in [-0.2, 0) is 14.4 Å². The summed E-state index contributed by atoms with van der Waals surface area (Å²) in [6.45, 7) is 2.13. The number of nitro benzene ring substituents is 1. The van der Waals surface area contributed by atoms with Crippen LogP contribution in [0.2, 0.25) is 0 Å². The fourth-order valence-corrected chi connectivity index (χ4v) is 2.03. The van der Waals surface area contributed by atoms with Crippen LogP contribution in [0.1, 0.15) is 24.8 Å². The SMILES string of the molecule is Cc1cc(OCCCON2C(=O)CCC2=O)ccc1[N+](=O)[O-]. The molecule has 1 aliphatic rings. The fourth-order valence-electron chi connectivity index (χ4n) is 2.03. The lowest BCUT2D eigenvalue weighted by molar-refractivity contribution is -0.385. The molecule has 0 atom stereocenters. The average Bonchev–Trinajstić information content (AvgIpc) is 2.78. The molecule has 2 rings (SSSR count). The molecule has 0 spiro atoms. The Bertz CT molecular complexity index is 585. The Morgan fingerprint density at radius 1 is 1.23 bits per heavy atom. The highest BCUT2D eigenvalue weighted by Crippen LogP contribution is 2.23. The van der Waals surface area contributed by atoms with Crippen molar-refractivity contribution in [3.63, 3.8) is 0 Å². The van der Waals surface area contributed by atoms with Crippen LogP contribution in [0.15, 0.2) is 18.2 Å². The monoisotopic (exact) mass is 308 g/mol. The zero-order valence-corrected chi connectivity index (χ0v) is 12.1. The molecule has 0 N–H and O–H groups in total. The van der Waals surface area contributed by atoms with Gasteiger partial charge in [-0.15, -0.1) is 0 Å². The van der Waals surface area contributed by atoms with Crippen LogP contribution in [-0.4, -0.2) is 35.0 Å². The number of aryl methyl sites for hydroxylation is 1. The van der Waals surface area contributed by atoms with E-state index in [0.29, 0.717) is 24.3 Å². The molecule has 0 saturated carbocycles. The molecule has 8 nitrogen and oxygen atoms in total. The van der Waals surface area contributed by atoms with Gasteiger partial charge >= 0.3 is 0 Å². The lowest BCUT2D eigenvalue weighted by atomic mass is 10.2. The first-order chi connectivity index (χ1) is 10.5. The van der Waals surface area contributed by atoms with Crippen LogP contribution in [0.3, 0.4) is 0 Å². The minimum absolute atomic E-state index is 0.0433. The van der Waals surface area contributed by atoms with Crippen molar-refractivity contribution >= 4 is 17.5 Å². The number of hydroxylamine groups is 2. The van der Waals surface area contributed by atoms with E-state index in [1.165, 1.54) is 12.1 Å². The molecule has 1 heterocycles. The normalized spacial score (nSPS) is 14.5. The molecule has 2 amide bonds. The molecule has 1 saturated heterocycles. The van der Waals surface area contributed by atoms with E-state index in [1.807, 2.05) is 0 Å². The van der Waals surface area contributed by atoms with Gasteiger partial charge in [0.05, 0.1) is 18.1 Å². The van der Waals surface area contributed by atoms with E-state index in [9.17, 15) is 19.7 Å². The number of ether oxygens (including phenoxy) is 1. The number of nitro groups is 1. The molecule has 0 aliphatic carbocycles. The number of imide groups is 1. The smallest absolute Gasteiger partial charge is 0.272 e. The van der Waals surface area contributed by atoms with Crippen molar-refractivity contribution in [3.05, 3.63) is 33.9 Å². The van der Waals surface area contributed by atoms with Crippen LogP contribution in [0, 0.1) is 17.0 Å². The van der Waals surface area contributed by atoms with Gasteiger partial charge in [-0.3, -0.25) is 24.5 Å². The number of amides is 2. The van der Waals surface area contributed by atoms with Crippen molar-refractivity contribution in [3.8, 4) is 5.75 Å². The predicted octanol–water partition coefficient (Wildman–Crippen LogP) is 1.75. The van der Waals surface area contributed by atoms with Crippen LogP contribution in [0.5, 0.6) is 5.75 Å². The van der Waals surface area contributed by atoms with Gasteiger partial charge in [0, 0.05) is 30.9 Å². The third kappa shape index (κ3) is 3.79. The lowest BCUT2D eigenvalue weighted by Gasteiger charge is -2.13. The van der Waals surface area contributed by atoms with Crippen molar-refractivity contribution in [2.75, 3.05) is 13.2 Å². The molecule has 0 bridgehead atoms. The molecular formula is C14H16N2O6. The number of hydrogen-bond donors (Lipinski definition) is 0. The topological polar surface area (TPSA) is 99.0 Å². The summed E-state index contributed by atoms with van der Waals surface area (Å²) in [7, 11) is 0. The number of rotatable bonds is 7. The predicted molar refractivity (Wildman–Crippen MR) is 75.0 cm³/mol. The summed E-state index contributed by atoms with van der Waals surface area (Å²) in [6.07, 6.45) is 0.863. The molecule has 1 aromatic rings. The maximum atomic E-state index is 11.3. The second kappa shape index (κ2) is 6.99. The zero-order valence-electron chi connectivity index (χ0n) is 12.1. The van der Waals surface area contributed by atoms with E-state index in [0.717, 1.165) is 5.06 Å².